The van der Waals surface area contributed by atoms with Crippen molar-refractivity contribution in [3.05, 3.63) is 76.8 Å². The lowest BCUT2D eigenvalue weighted by Gasteiger charge is -2.32. The Morgan fingerprint density at radius 3 is 2.53 bits per heavy atom. The van der Waals surface area contributed by atoms with Gasteiger partial charge in [0.25, 0.3) is 0 Å². The topological polar surface area (TPSA) is 56.3 Å². The molecule has 2 aliphatic heterocycles. The minimum atomic E-state index is 0.417. The summed E-state index contributed by atoms with van der Waals surface area (Å²) in [7, 11) is 0. The quantitative estimate of drug-likeness (QED) is 0.514. The highest BCUT2D eigenvalue weighted by molar-refractivity contribution is 6.30. The summed E-state index contributed by atoms with van der Waals surface area (Å²) in [5.74, 6) is 0.943. The summed E-state index contributed by atoms with van der Waals surface area (Å²) in [6.45, 7) is 4.01. The molecule has 5 nitrogen and oxygen atoms in total. The Morgan fingerprint density at radius 2 is 1.81 bits per heavy atom. The minimum Gasteiger partial charge on any atom is -0.365 e. The molecule has 2 aliphatic rings. The highest BCUT2D eigenvalue weighted by Gasteiger charge is 2.24. The number of nitrogens with one attached hydrogen (secondary N) is 2. The van der Waals surface area contributed by atoms with Gasteiger partial charge in [0.2, 0.25) is 0 Å². The van der Waals surface area contributed by atoms with E-state index in [2.05, 4.69) is 56.7 Å². The molecule has 1 saturated heterocycles. The molecule has 0 radical (unpaired) electrons. The molecule has 3 aromatic rings. The number of piperidine rings is 1. The molecule has 0 atom stereocenters. The summed E-state index contributed by atoms with van der Waals surface area (Å²) in [6, 6.07) is 19.1. The Morgan fingerprint density at radius 1 is 1.03 bits per heavy atom. The number of benzene rings is 2. The lowest BCUT2D eigenvalue weighted by Crippen LogP contribution is -2.38. The number of rotatable bonds is 6. The van der Waals surface area contributed by atoms with Gasteiger partial charge in [-0.1, -0.05) is 54.1 Å². The molecule has 2 N–H and O–H groups in total. The molecule has 32 heavy (non-hydrogen) atoms. The van der Waals surface area contributed by atoms with Gasteiger partial charge in [-0.25, -0.2) is 0 Å². The second kappa shape index (κ2) is 9.72. The van der Waals surface area contributed by atoms with Gasteiger partial charge >= 0.3 is 0 Å². The number of dihydropyridines is 1. The van der Waals surface area contributed by atoms with Gasteiger partial charge in [-0.05, 0) is 48.6 Å². The third kappa shape index (κ3) is 4.79. The van der Waals surface area contributed by atoms with Crippen LogP contribution in [-0.4, -0.2) is 47.0 Å². The molecule has 3 heterocycles. The van der Waals surface area contributed by atoms with Crippen LogP contribution in [-0.2, 0) is 6.54 Å². The molecule has 2 aromatic carbocycles. The molecule has 6 heteroatoms. The van der Waals surface area contributed by atoms with Gasteiger partial charge in [0, 0.05) is 54.6 Å². The zero-order valence-electron chi connectivity index (χ0n) is 18.1. The zero-order valence-corrected chi connectivity index (χ0v) is 18.9. The monoisotopic (exact) mass is 445 g/mol. The van der Waals surface area contributed by atoms with Crippen LogP contribution >= 0.6 is 11.6 Å². The molecule has 1 aromatic heterocycles. The fraction of sp³-hybridized carbons (Fsp3) is 0.308. The first kappa shape index (κ1) is 21.0. The number of anilines is 1. The molecule has 0 spiro atoms. The van der Waals surface area contributed by atoms with Crippen molar-refractivity contribution in [3.8, 4) is 11.3 Å². The first-order chi connectivity index (χ1) is 15.8. The number of likely N-dealkylation sites (tertiary alicyclic amines) is 1. The highest BCUT2D eigenvalue weighted by Crippen LogP contribution is 2.36. The van der Waals surface area contributed by atoms with Crippen molar-refractivity contribution >= 4 is 29.2 Å². The largest absolute Gasteiger partial charge is 0.365 e. The molecule has 1 fully saturated rings. The molecule has 164 valence electrons. The van der Waals surface area contributed by atoms with E-state index >= 15 is 0 Å². The smallest absolute Gasteiger partial charge is 0.156 e. The van der Waals surface area contributed by atoms with Crippen molar-refractivity contribution in [2.75, 3.05) is 25.0 Å². The van der Waals surface area contributed by atoms with Gasteiger partial charge in [-0.15, -0.1) is 0 Å². The standard InChI is InChI=1S/C26H28ClN5/c27-22-8-6-21(7-9-22)25-24(20-10-14-28-15-11-20)26(31-30-25)29-23-12-16-32(17-13-23)18-19-4-2-1-3-5-19/h1-10,14,23H,11-13,15-18H2,(H2,29,30,31). The van der Waals surface area contributed by atoms with Gasteiger partial charge in [-0.3, -0.25) is 15.0 Å². The summed E-state index contributed by atoms with van der Waals surface area (Å²) in [5, 5.41) is 12.5. The van der Waals surface area contributed by atoms with Gasteiger partial charge < -0.3 is 5.32 Å². The fourth-order valence-electron chi connectivity index (χ4n) is 4.55. The van der Waals surface area contributed by atoms with E-state index in [9.17, 15) is 0 Å². The average molecular weight is 446 g/mol. The van der Waals surface area contributed by atoms with E-state index in [0.717, 1.165) is 73.1 Å². The average Bonchev–Trinajstić information content (AvgIpc) is 3.25. The summed E-state index contributed by atoms with van der Waals surface area (Å²) in [6.07, 6.45) is 7.15. The highest BCUT2D eigenvalue weighted by atomic mass is 35.5. The summed E-state index contributed by atoms with van der Waals surface area (Å²) < 4.78 is 0. The van der Waals surface area contributed by atoms with Crippen LogP contribution in [0, 0.1) is 0 Å². The maximum Gasteiger partial charge on any atom is 0.156 e. The maximum absolute atomic E-state index is 6.11. The van der Waals surface area contributed by atoms with E-state index in [-0.39, 0.29) is 0 Å². The van der Waals surface area contributed by atoms with Crippen LogP contribution in [0.1, 0.15) is 30.4 Å². The van der Waals surface area contributed by atoms with Gasteiger partial charge in [0.1, 0.15) is 0 Å². The van der Waals surface area contributed by atoms with Crippen molar-refractivity contribution in [3.63, 3.8) is 0 Å². The van der Waals surface area contributed by atoms with Crippen molar-refractivity contribution in [1.82, 2.24) is 15.1 Å². The van der Waals surface area contributed by atoms with Crippen LogP contribution < -0.4 is 5.32 Å². The van der Waals surface area contributed by atoms with E-state index in [4.69, 9.17) is 16.7 Å². The molecule has 0 saturated carbocycles. The van der Waals surface area contributed by atoms with E-state index in [1.165, 1.54) is 11.1 Å². The van der Waals surface area contributed by atoms with E-state index in [1.54, 1.807) is 0 Å². The molecule has 0 bridgehead atoms. The molecule has 0 amide bonds. The normalized spacial score (nSPS) is 17.3. The van der Waals surface area contributed by atoms with Crippen LogP contribution in [0.5, 0.6) is 0 Å². The van der Waals surface area contributed by atoms with Crippen molar-refractivity contribution in [1.29, 1.82) is 0 Å². The predicted octanol–water partition coefficient (Wildman–Crippen LogP) is 5.66. The van der Waals surface area contributed by atoms with E-state index < -0.39 is 0 Å². The van der Waals surface area contributed by atoms with E-state index in [0.29, 0.717) is 6.04 Å². The number of aliphatic imine (C=N–C) groups is 1. The number of H-pyrrole nitrogens is 1. The second-order valence-electron chi connectivity index (χ2n) is 8.51. The minimum absolute atomic E-state index is 0.417. The molecule has 0 aliphatic carbocycles. The third-order valence-electron chi connectivity index (χ3n) is 6.29. The summed E-state index contributed by atoms with van der Waals surface area (Å²) in [4.78, 5) is 6.90. The number of halogens is 1. The molecular weight excluding hydrogens is 418 g/mol. The molecule has 0 unspecified atom stereocenters. The SMILES string of the molecule is Clc1ccc(-c2[nH]nc(NC3CCN(Cc4ccccc4)CC3)c2C2=CC=NCC2)cc1. The van der Waals surface area contributed by atoms with Crippen LogP contribution in [0.4, 0.5) is 5.82 Å². The number of aromatic nitrogens is 2. The summed E-state index contributed by atoms with van der Waals surface area (Å²) in [5.41, 5.74) is 5.93. The predicted molar refractivity (Wildman–Crippen MR) is 133 cm³/mol. The van der Waals surface area contributed by atoms with Crippen molar-refractivity contribution in [2.45, 2.75) is 31.8 Å². The third-order valence-corrected chi connectivity index (χ3v) is 6.54. The first-order valence-corrected chi connectivity index (χ1v) is 11.7. The lowest BCUT2D eigenvalue weighted by molar-refractivity contribution is 0.211. The van der Waals surface area contributed by atoms with Crippen LogP contribution in [0.15, 0.2) is 65.7 Å². The van der Waals surface area contributed by atoms with Gasteiger partial charge in [0.05, 0.1) is 5.69 Å². The van der Waals surface area contributed by atoms with Crippen LogP contribution in [0.25, 0.3) is 16.8 Å². The Balaban J connectivity index is 1.32. The van der Waals surface area contributed by atoms with Crippen molar-refractivity contribution < 1.29 is 0 Å². The maximum atomic E-state index is 6.11. The number of aromatic amines is 1. The second-order valence-corrected chi connectivity index (χ2v) is 8.94. The first-order valence-electron chi connectivity index (χ1n) is 11.3. The summed E-state index contributed by atoms with van der Waals surface area (Å²) >= 11 is 6.11. The number of nitrogens with zero attached hydrogens (tertiary/aromatic N) is 3. The fourth-order valence-corrected chi connectivity index (χ4v) is 4.67. The lowest BCUT2D eigenvalue weighted by atomic mass is 9.96. The Labute approximate surface area is 194 Å². The Kier molecular flexibility index (Phi) is 6.37. The molecule has 5 rings (SSSR count). The van der Waals surface area contributed by atoms with Gasteiger partial charge in [0.15, 0.2) is 5.82 Å². The van der Waals surface area contributed by atoms with Gasteiger partial charge in [-0.2, -0.15) is 5.10 Å². The zero-order chi connectivity index (χ0) is 21.8. The molecular formula is C26H28ClN5. The Bertz CT molecular complexity index is 1090. The number of hydrogen-bond donors (Lipinski definition) is 2. The number of hydrogen-bond acceptors (Lipinski definition) is 4. The number of allylic oxidation sites excluding steroid dienone is 1. The van der Waals surface area contributed by atoms with Crippen LogP contribution in [0.3, 0.4) is 0 Å². The van der Waals surface area contributed by atoms with Crippen molar-refractivity contribution in [2.24, 2.45) is 4.99 Å². The van der Waals surface area contributed by atoms with Crippen LogP contribution in [0.2, 0.25) is 5.02 Å². The van der Waals surface area contributed by atoms with E-state index in [1.807, 2.05) is 30.5 Å². The Hall–Kier alpha value is -2.89.